The molecule has 0 saturated carbocycles. The van der Waals surface area contributed by atoms with Crippen LogP contribution in [0.1, 0.15) is 12.1 Å². The fourth-order valence-electron chi connectivity index (χ4n) is 2.06. The molecule has 0 amide bonds. The van der Waals surface area contributed by atoms with E-state index in [9.17, 15) is 4.79 Å². The van der Waals surface area contributed by atoms with Crippen molar-refractivity contribution in [3.8, 4) is 11.5 Å². The largest absolute Gasteiger partial charge is 0.493 e. The lowest BCUT2D eigenvalue weighted by Gasteiger charge is -2.12. The van der Waals surface area contributed by atoms with E-state index in [2.05, 4.69) is 4.98 Å². The molecule has 1 aromatic carbocycles. The van der Waals surface area contributed by atoms with E-state index >= 15 is 0 Å². The summed E-state index contributed by atoms with van der Waals surface area (Å²) in [6.07, 6.45) is 2.10. The third kappa shape index (κ3) is 2.59. The molecule has 2 aromatic rings. The summed E-state index contributed by atoms with van der Waals surface area (Å²) in [5, 5.41) is 10.5. The Morgan fingerprint density at radius 2 is 2.00 bits per heavy atom. The minimum absolute atomic E-state index is 0.0560. The number of pyridine rings is 1. The van der Waals surface area contributed by atoms with Crippen LogP contribution in [0.2, 0.25) is 0 Å². The molecule has 0 radical (unpaired) electrons. The van der Waals surface area contributed by atoms with Gasteiger partial charge in [0.05, 0.1) is 20.6 Å². The zero-order valence-electron chi connectivity index (χ0n) is 10.8. The Labute approximate surface area is 110 Å². The third-order valence-corrected chi connectivity index (χ3v) is 2.94. The van der Waals surface area contributed by atoms with E-state index in [4.69, 9.17) is 14.6 Å². The molecule has 19 heavy (non-hydrogen) atoms. The van der Waals surface area contributed by atoms with Gasteiger partial charge < -0.3 is 14.6 Å². The highest BCUT2D eigenvalue weighted by Gasteiger charge is 2.12. The Hall–Kier alpha value is -2.30. The normalized spacial score (nSPS) is 10.4. The second-order valence-electron chi connectivity index (χ2n) is 4.05. The molecule has 0 atom stereocenters. The van der Waals surface area contributed by atoms with E-state index < -0.39 is 5.97 Å². The summed E-state index contributed by atoms with van der Waals surface area (Å²) in [7, 11) is 3.16. The first-order valence-electron chi connectivity index (χ1n) is 5.87. The van der Waals surface area contributed by atoms with E-state index in [1.165, 1.54) is 0 Å². The summed E-state index contributed by atoms with van der Waals surface area (Å²) >= 11 is 0. The summed E-state index contributed by atoms with van der Waals surface area (Å²) in [5.74, 6) is 0.448. The van der Waals surface area contributed by atoms with Crippen LogP contribution in [0.15, 0.2) is 24.4 Å². The molecule has 5 nitrogen and oxygen atoms in total. The number of methoxy groups -OCH3 is 2. The van der Waals surface area contributed by atoms with Crippen molar-refractivity contribution in [2.24, 2.45) is 0 Å². The number of carbonyl (C=O) groups is 1. The Balaban J connectivity index is 2.53. The second kappa shape index (κ2) is 5.56. The fraction of sp³-hybridized carbons (Fsp3) is 0.286. The standard InChI is InChI=1S/C14H15NO4/c1-18-12-5-3-9-10(14(12)19-2)7-8-15-11(9)4-6-13(16)17/h3,5,7-8H,4,6H2,1-2H3,(H,16,17). The number of hydrogen-bond acceptors (Lipinski definition) is 4. The molecular weight excluding hydrogens is 246 g/mol. The first kappa shape index (κ1) is 13.1. The topological polar surface area (TPSA) is 68.7 Å². The quantitative estimate of drug-likeness (QED) is 0.894. The number of ether oxygens (including phenoxy) is 2. The number of nitrogens with zero attached hydrogens (tertiary/aromatic N) is 1. The van der Waals surface area contributed by atoms with Crippen LogP contribution in [0.5, 0.6) is 11.5 Å². The molecule has 0 spiro atoms. The van der Waals surface area contributed by atoms with Gasteiger partial charge in [0.1, 0.15) is 0 Å². The number of hydrogen-bond donors (Lipinski definition) is 1. The molecule has 0 unspecified atom stereocenters. The van der Waals surface area contributed by atoms with Gasteiger partial charge in [0.25, 0.3) is 0 Å². The van der Waals surface area contributed by atoms with E-state index in [1.54, 1.807) is 26.5 Å². The molecule has 2 rings (SSSR count). The van der Waals surface area contributed by atoms with E-state index in [0.717, 1.165) is 16.5 Å². The van der Waals surface area contributed by atoms with E-state index in [0.29, 0.717) is 17.9 Å². The lowest BCUT2D eigenvalue weighted by molar-refractivity contribution is -0.136. The summed E-state index contributed by atoms with van der Waals surface area (Å²) in [5.41, 5.74) is 0.751. The zero-order valence-corrected chi connectivity index (χ0v) is 10.8. The van der Waals surface area contributed by atoms with E-state index in [-0.39, 0.29) is 6.42 Å². The number of fused-ring (bicyclic) bond motifs is 1. The van der Waals surface area contributed by atoms with Crippen molar-refractivity contribution in [3.05, 3.63) is 30.1 Å². The Kier molecular flexibility index (Phi) is 3.85. The third-order valence-electron chi connectivity index (χ3n) is 2.94. The first-order valence-corrected chi connectivity index (χ1v) is 5.87. The van der Waals surface area contributed by atoms with Crippen molar-refractivity contribution in [1.29, 1.82) is 0 Å². The van der Waals surface area contributed by atoms with Crippen molar-refractivity contribution in [1.82, 2.24) is 4.98 Å². The van der Waals surface area contributed by atoms with Crippen LogP contribution < -0.4 is 9.47 Å². The van der Waals surface area contributed by atoms with Gasteiger partial charge in [-0.3, -0.25) is 9.78 Å². The average Bonchev–Trinajstić information content (AvgIpc) is 2.43. The van der Waals surface area contributed by atoms with Gasteiger partial charge in [0, 0.05) is 29.1 Å². The van der Waals surface area contributed by atoms with Crippen LogP contribution in [-0.4, -0.2) is 30.3 Å². The molecule has 0 aliphatic carbocycles. The van der Waals surface area contributed by atoms with Gasteiger partial charge in [-0.15, -0.1) is 0 Å². The molecule has 100 valence electrons. The summed E-state index contributed by atoms with van der Waals surface area (Å²) in [4.78, 5) is 14.9. The lowest BCUT2D eigenvalue weighted by Crippen LogP contribution is -2.00. The predicted octanol–water partition coefficient (Wildman–Crippen LogP) is 2.27. The van der Waals surface area contributed by atoms with Crippen molar-refractivity contribution in [2.75, 3.05) is 14.2 Å². The molecule has 0 fully saturated rings. The molecule has 1 heterocycles. The Bertz CT molecular complexity index is 610. The molecule has 5 heteroatoms. The van der Waals surface area contributed by atoms with Crippen molar-refractivity contribution < 1.29 is 19.4 Å². The molecule has 0 saturated heterocycles. The second-order valence-corrected chi connectivity index (χ2v) is 4.05. The number of carboxylic acids is 1. The van der Waals surface area contributed by atoms with Gasteiger partial charge in [0.2, 0.25) is 0 Å². The van der Waals surface area contributed by atoms with Gasteiger partial charge in [0.15, 0.2) is 11.5 Å². The van der Waals surface area contributed by atoms with Gasteiger partial charge in [-0.05, 0) is 18.2 Å². The summed E-state index contributed by atoms with van der Waals surface area (Å²) < 4.78 is 10.6. The van der Waals surface area contributed by atoms with Crippen LogP contribution in [0.4, 0.5) is 0 Å². The van der Waals surface area contributed by atoms with Gasteiger partial charge in [-0.1, -0.05) is 0 Å². The Morgan fingerprint density at radius 1 is 1.21 bits per heavy atom. The molecule has 0 bridgehead atoms. The smallest absolute Gasteiger partial charge is 0.303 e. The minimum Gasteiger partial charge on any atom is -0.493 e. The van der Waals surface area contributed by atoms with Crippen molar-refractivity contribution >= 4 is 16.7 Å². The number of rotatable bonds is 5. The maximum atomic E-state index is 10.7. The molecular formula is C14H15NO4. The fourth-order valence-corrected chi connectivity index (χ4v) is 2.06. The minimum atomic E-state index is -0.834. The Morgan fingerprint density at radius 3 is 2.63 bits per heavy atom. The number of aryl methyl sites for hydroxylation is 1. The zero-order chi connectivity index (χ0) is 13.8. The molecule has 0 aliphatic rings. The highest BCUT2D eigenvalue weighted by atomic mass is 16.5. The maximum absolute atomic E-state index is 10.7. The summed E-state index contributed by atoms with van der Waals surface area (Å²) in [6.45, 7) is 0. The highest BCUT2D eigenvalue weighted by Crippen LogP contribution is 2.36. The van der Waals surface area contributed by atoms with Crippen molar-refractivity contribution in [2.45, 2.75) is 12.8 Å². The van der Waals surface area contributed by atoms with Crippen LogP contribution in [0.25, 0.3) is 10.8 Å². The van der Waals surface area contributed by atoms with Crippen molar-refractivity contribution in [3.63, 3.8) is 0 Å². The number of benzene rings is 1. The summed E-state index contributed by atoms with van der Waals surface area (Å²) in [6, 6.07) is 5.51. The highest BCUT2D eigenvalue weighted by molar-refractivity contribution is 5.92. The molecule has 1 N–H and O–H groups in total. The molecule has 1 aromatic heterocycles. The monoisotopic (exact) mass is 261 g/mol. The lowest BCUT2D eigenvalue weighted by atomic mass is 10.1. The maximum Gasteiger partial charge on any atom is 0.303 e. The van der Waals surface area contributed by atoms with Crippen LogP contribution in [-0.2, 0) is 11.2 Å². The SMILES string of the molecule is COc1ccc2c(CCC(=O)O)nccc2c1OC. The van der Waals surface area contributed by atoms with Crippen LogP contribution in [0, 0.1) is 0 Å². The average molecular weight is 261 g/mol. The van der Waals surface area contributed by atoms with Crippen LogP contribution >= 0.6 is 0 Å². The number of aliphatic carboxylic acids is 1. The van der Waals surface area contributed by atoms with Gasteiger partial charge >= 0.3 is 5.97 Å². The number of aromatic nitrogens is 1. The van der Waals surface area contributed by atoms with Gasteiger partial charge in [-0.25, -0.2) is 0 Å². The first-order chi connectivity index (χ1) is 9.17. The number of carboxylic acid groups (broad SMARTS) is 1. The molecule has 0 aliphatic heterocycles. The van der Waals surface area contributed by atoms with Crippen LogP contribution in [0.3, 0.4) is 0 Å². The van der Waals surface area contributed by atoms with E-state index in [1.807, 2.05) is 12.1 Å². The predicted molar refractivity (Wildman–Crippen MR) is 70.8 cm³/mol. The van der Waals surface area contributed by atoms with Gasteiger partial charge in [-0.2, -0.15) is 0 Å².